The molecule has 4 N–H and O–H groups in total. The van der Waals surface area contributed by atoms with Gasteiger partial charge in [-0.3, -0.25) is 14.7 Å². The number of aromatic amines is 1. The fraction of sp³-hybridized carbons (Fsp3) is 0. The fourth-order valence-corrected chi connectivity index (χ4v) is 2.83. The van der Waals surface area contributed by atoms with Crippen molar-refractivity contribution in [2.45, 2.75) is 0 Å². The van der Waals surface area contributed by atoms with E-state index in [-0.39, 0.29) is 11.5 Å². The Balaban J connectivity index is 1.91. The summed E-state index contributed by atoms with van der Waals surface area (Å²) in [6.45, 7) is 0. The zero-order valence-corrected chi connectivity index (χ0v) is 13.6. The molecule has 4 rings (SSSR count). The Hall–Kier alpha value is -3.87. The number of imidazole rings is 1. The Kier molecular flexibility index (Phi) is 3.74. The number of nitrogen functional groups attached to an aromatic ring is 1. The van der Waals surface area contributed by atoms with Gasteiger partial charge in [0.25, 0.3) is 11.5 Å². The molecule has 2 heterocycles. The molecule has 0 atom stereocenters. The summed E-state index contributed by atoms with van der Waals surface area (Å²) in [4.78, 5) is 29.2. The minimum Gasteiger partial charge on any atom is -0.368 e. The SMILES string of the molecule is Nc1nc(-c2ccccc2)c2c(C(=O)Nc3ccccc3)cc(=O)[nH]n12. The van der Waals surface area contributed by atoms with Crippen LogP contribution in [0.25, 0.3) is 16.8 Å². The number of nitrogens with zero attached hydrogens (tertiary/aromatic N) is 2. The van der Waals surface area contributed by atoms with E-state index in [9.17, 15) is 9.59 Å². The highest BCUT2D eigenvalue weighted by atomic mass is 16.2. The number of rotatable bonds is 3. The first-order chi connectivity index (χ1) is 12.6. The maximum Gasteiger partial charge on any atom is 0.263 e. The normalized spacial score (nSPS) is 10.8. The van der Waals surface area contributed by atoms with Crippen molar-refractivity contribution in [1.29, 1.82) is 0 Å². The number of benzene rings is 2. The highest BCUT2D eigenvalue weighted by Gasteiger charge is 2.20. The molecule has 0 bridgehead atoms. The molecule has 0 aliphatic carbocycles. The van der Waals surface area contributed by atoms with Crippen LogP contribution in [0.5, 0.6) is 0 Å². The lowest BCUT2D eigenvalue weighted by atomic mass is 10.1. The van der Waals surface area contributed by atoms with Crippen LogP contribution in [0.15, 0.2) is 71.5 Å². The van der Waals surface area contributed by atoms with Gasteiger partial charge in [0, 0.05) is 17.3 Å². The molecule has 0 saturated carbocycles. The first-order valence-corrected chi connectivity index (χ1v) is 7.96. The largest absolute Gasteiger partial charge is 0.368 e. The molecule has 0 radical (unpaired) electrons. The second kappa shape index (κ2) is 6.21. The van der Waals surface area contributed by atoms with E-state index in [1.807, 2.05) is 48.5 Å². The van der Waals surface area contributed by atoms with Gasteiger partial charge in [-0.2, -0.15) is 0 Å². The smallest absolute Gasteiger partial charge is 0.263 e. The van der Waals surface area contributed by atoms with Crippen LogP contribution >= 0.6 is 0 Å². The van der Waals surface area contributed by atoms with Crippen molar-refractivity contribution in [3.63, 3.8) is 0 Å². The number of carbonyl (C=O) groups is 1. The molecular weight excluding hydrogens is 330 g/mol. The lowest BCUT2D eigenvalue weighted by Gasteiger charge is -2.08. The summed E-state index contributed by atoms with van der Waals surface area (Å²) in [7, 11) is 0. The number of aromatic nitrogens is 3. The van der Waals surface area contributed by atoms with E-state index >= 15 is 0 Å². The maximum absolute atomic E-state index is 12.8. The van der Waals surface area contributed by atoms with Crippen molar-refractivity contribution >= 4 is 23.1 Å². The molecule has 2 aromatic heterocycles. The molecule has 4 aromatic rings. The number of nitrogens with one attached hydrogen (secondary N) is 2. The Bertz CT molecular complexity index is 1150. The van der Waals surface area contributed by atoms with E-state index in [4.69, 9.17) is 5.73 Å². The minimum absolute atomic E-state index is 0.102. The summed E-state index contributed by atoms with van der Waals surface area (Å²) in [6, 6.07) is 19.6. The van der Waals surface area contributed by atoms with Gasteiger partial charge in [-0.15, -0.1) is 0 Å². The summed E-state index contributed by atoms with van der Waals surface area (Å²) < 4.78 is 1.34. The average Bonchev–Trinajstić information content (AvgIpc) is 2.99. The fourth-order valence-electron chi connectivity index (χ4n) is 2.83. The van der Waals surface area contributed by atoms with Crippen LogP contribution in [0, 0.1) is 0 Å². The van der Waals surface area contributed by atoms with Gasteiger partial charge in [-0.25, -0.2) is 9.50 Å². The highest BCUT2D eigenvalue weighted by molar-refractivity contribution is 6.11. The standard InChI is InChI=1S/C19H15N5O2/c20-19-22-16(12-7-3-1-4-8-12)17-14(11-15(25)23-24(17)19)18(26)21-13-9-5-2-6-10-13/h1-11H,(H2,20,22)(H,21,26)(H,23,25). The van der Waals surface area contributed by atoms with Crippen LogP contribution in [-0.4, -0.2) is 20.5 Å². The van der Waals surface area contributed by atoms with Crippen LogP contribution in [0.4, 0.5) is 11.6 Å². The lowest BCUT2D eigenvalue weighted by Crippen LogP contribution is -2.20. The topological polar surface area (TPSA) is 105 Å². The number of fused-ring (bicyclic) bond motifs is 1. The summed E-state index contributed by atoms with van der Waals surface area (Å²) >= 11 is 0. The summed E-state index contributed by atoms with van der Waals surface area (Å²) in [5, 5.41) is 5.39. The number of para-hydroxylation sites is 1. The van der Waals surface area contributed by atoms with Crippen molar-refractivity contribution in [2.75, 3.05) is 11.1 Å². The molecule has 0 aliphatic rings. The summed E-state index contributed by atoms with van der Waals surface area (Å²) in [6.07, 6.45) is 0. The predicted octanol–water partition coefficient (Wildman–Crippen LogP) is 2.52. The molecule has 0 fully saturated rings. The number of nitrogens with two attached hydrogens (primary N) is 1. The van der Waals surface area contributed by atoms with Gasteiger partial charge in [0.2, 0.25) is 5.95 Å². The molecule has 26 heavy (non-hydrogen) atoms. The second-order valence-corrected chi connectivity index (χ2v) is 5.72. The monoisotopic (exact) mass is 345 g/mol. The molecule has 2 aromatic carbocycles. The van der Waals surface area contributed by atoms with E-state index in [1.165, 1.54) is 10.6 Å². The molecule has 128 valence electrons. The number of amides is 1. The first kappa shape index (κ1) is 15.6. The Labute approximate surface area is 148 Å². The number of hydrogen-bond donors (Lipinski definition) is 3. The van der Waals surface area contributed by atoms with Gasteiger partial charge in [0.1, 0.15) is 11.2 Å². The third-order valence-corrected chi connectivity index (χ3v) is 3.98. The zero-order valence-electron chi connectivity index (χ0n) is 13.6. The predicted molar refractivity (Wildman–Crippen MR) is 100 cm³/mol. The minimum atomic E-state index is -0.445. The molecular formula is C19H15N5O2. The molecule has 0 unspecified atom stereocenters. The number of anilines is 2. The lowest BCUT2D eigenvalue weighted by molar-refractivity contribution is 0.102. The molecule has 7 nitrogen and oxygen atoms in total. The van der Waals surface area contributed by atoms with Gasteiger partial charge >= 0.3 is 0 Å². The van der Waals surface area contributed by atoms with Crippen LogP contribution in [0.2, 0.25) is 0 Å². The second-order valence-electron chi connectivity index (χ2n) is 5.72. The maximum atomic E-state index is 12.8. The molecule has 0 spiro atoms. The van der Waals surface area contributed by atoms with E-state index in [0.29, 0.717) is 16.9 Å². The quantitative estimate of drug-likeness (QED) is 0.530. The zero-order chi connectivity index (χ0) is 18.1. The average molecular weight is 345 g/mol. The Morgan fingerprint density at radius 3 is 2.38 bits per heavy atom. The van der Waals surface area contributed by atoms with Crippen molar-refractivity contribution in [1.82, 2.24) is 14.6 Å². The van der Waals surface area contributed by atoms with Crippen molar-refractivity contribution in [3.8, 4) is 11.3 Å². The summed E-state index contributed by atoms with van der Waals surface area (Å²) in [5.41, 5.74) is 8.10. The van der Waals surface area contributed by atoms with E-state index in [2.05, 4.69) is 15.4 Å². The first-order valence-electron chi connectivity index (χ1n) is 7.96. The van der Waals surface area contributed by atoms with Gasteiger partial charge in [-0.05, 0) is 12.1 Å². The Morgan fingerprint density at radius 2 is 1.69 bits per heavy atom. The van der Waals surface area contributed by atoms with E-state index in [0.717, 1.165) is 5.56 Å². The van der Waals surface area contributed by atoms with Crippen molar-refractivity contribution in [2.24, 2.45) is 0 Å². The number of hydrogen-bond acceptors (Lipinski definition) is 4. The van der Waals surface area contributed by atoms with E-state index in [1.54, 1.807) is 12.1 Å². The van der Waals surface area contributed by atoms with E-state index < -0.39 is 11.5 Å². The van der Waals surface area contributed by atoms with Crippen LogP contribution in [-0.2, 0) is 0 Å². The van der Waals surface area contributed by atoms with Crippen LogP contribution < -0.4 is 16.6 Å². The number of H-pyrrole nitrogens is 1. The Morgan fingerprint density at radius 1 is 1.04 bits per heavy atom. The highest BCUT2D eigenvalue weighted by Crippen LogP contribution is 2.27. The molecule has 0 saturated heterocycles. The van der Waals surface area contributed by atoms with Crippen molar-refractivity contribution in [3.05, 3.63) is 82.6 Å². The number of carbonyl (C=O) groups excluding carboxylic acids is 1. The third kappa shape index (κ3) is 2.71. The van der Waals surface area contributed by atoms with Gasteiger partial charge in [-0.1, -0.05) is 48.5 Å². The van der Waals surface area contributed by atoms with Gasteiger partial charge in [0.15, 0.2) is 0 Å². The third-order valence-electron chi connectivity index (χ3n) is 3.98. The van der Waals surface area contributed by atoms with Crippen LogP contribution in [0.1, 0.15) is 10.4 Å². The molecule has 7 heteroatoms. The van der Waals surface area contributed by atoms with Crippen LogP contribution in [0.3, 0.4) is 0 Å². The molecule has 1 amide bonds. The molecule has 0 aliphatic heterocycles. The van der Waals surface area contributed by atoms with Gasteiger partial charge < -0.3 is 11.1 Å². The van der Waals surface area contributed by atoms with Gasteiger partial charge in [0.05, 0.1) is 5.56 Å². The van der Waals surface area contributed by atoms with Crippen molar-refractivity contribution < 1.29 is 4.79 Å². The summed E-state index contributed by atoms with van der Waals surface area (Å²) in [5.74, 6) is -0.310.